The number of amides is 1. The van der Waals surface area contributed by atoms with E-state index in [1.807, 2.05) is 0 Å². The molecule has 1 aliphatic rings. The molecule has 0 bridgehead atoms. The molecule has 1 saturated heterocycles. The third-order valence-electron chi connectivity index (χ3n) is 4.59. The quantitative estimate of drug-likeness (QED) is 0.796. The summed E-state index contributed by atoms with van der Waals surface area (Å²) in [5, 5.41) is 3.74. The molecule has 0 saturated carbocycles. The number of aromatic nitrogens is 2. The van der Waals surface area contributed by atoms with Gasteiger partial charge in [-0.05, 0) is 50.1 Å². The summed E-state index contributed by atoms with van der Waals surface area (Å²) >= 11 is 0. The largest absolute Gasteiger partial charge is 0.434 e. The van der Waals surface area contributed by atoms with Gasteiger partial charge in [-0.25, -0.2) is 9.07 Å². The topological polar surface area (TPSA) is 64.2 Å². The van der Waals surface area contributed by atoms with Crippen molar-refractivity contribution >= 4 is 18.3 Å². The highest BCUT2D eigenvalue weighted by Crippen LogP contribution is 2.35. The van der Waals surface area contributed by atoms with Crippen molar-refractivity contribution < 1.29 is 22.4 Å². The van der Waals surface area contributed by atoms with E-state index >= 15 is 0 Å². The molecule has 148 valence electrons. The van der Waals surface area contributed by atoms with E-state index in [1.54, 1.807) is 6.92 Å². The highest BCUT2D eigenvalue weighted by molar-refractivity contribution is 5.96. The molecule has 0 radical (unpaired) electrons. The van der Waals surface area contributed by atoms with E-state index < -0.39 is 29.2 Å². The average molecular weight is 407 g/mol. The molecular weight excluding hydrogens is 388 g/mol. The Morgan fingerprint density at radius 1 is 1.30 bits per heavy atom. The molecule has 27 heavy (non-hydrogen) atoms. The summed E-state index contributed by atoms with van der Waals surface area (Å²) in [4.78, 5) is 14.2. The van der Waals surface area contributed by atoms with Gasteiger partial charge in [0.15, 0.2) is 5.69 Å². The number of carbonyl (C=O) groups excluding carboxylic acids is 1. The summed E-state index contributed by atoms with van der Waals surface area (Å²) in [6.07, 6.45) is -3.24. The molecule has 1 fully saturated rings. The van der Waals surface area contributed by atoms with Crippen LogP contribution < -0.4 is 5.73 Å². The zero-order chi connectivity index (χ0) is 19.1. The Balaban J connectivity index is 0.00000261. The number of carbonyl (C=O) groups is 1. The van der Waals surface area contributed by atoms with Gasteiger partial charge < -0.3 is 10.6 Å². The van der Waals surface area contributed by atoms with Crippen LogP contribution in [0.5, 0.6) is 0 Å². The van der Waals surface area contributed by atoms with Crippen molar-refractivity contribution in [2.24, 2.45) is 11.7 Å². The van der Waals surface area contributed by atoms with Gasteiger partial charge >= 0.3 is 6.18 Å². The molecule has 2 unspecified atom stereocenters. The van der Waals surface area contributed by atoms with Gasteiger partial charge in [-0.3, -0.25) is 4.79 Å². The van der Waals surface area contributed by atoms with E-state index in [0.29, 0.717) is 24.2 Å². The number of hydrogen-bond acceptors (Lipinski definition) is 3. The van der Waals surface area contributed by atoms with Gasteiger partial charge in [0.05, 0.1) is 17.4 Å². The molecule has 10 heteroatoms. The molecule has 0 spiro atoms. The molecule has 2 atom stereocenters. The monoisotopic (exact) mass is 406 g/mol. The summed E-state index contributed by atoms with van der Waals surface area (Å²) in [5.74, 6) is -1.24. The van der Waals surface area contributed by atoms with E-state index in [4.69, 9.17) is 5.73 Å². The Morgan fingerprint density at radius 3 is 2.44 bits per heavy atom. The maximum atomic E-state index is 13.7. The van der Waals surface area contributed by atoms with Crippen molar-refractivity contribution in [2.45, 2.75) is 25.6 Å². The van der Waals surface area contributed by atoms with Gasteiger partial charge in [-0.15, -0.1) is 12.4 Å². The molecule has 1 aromatic carbocycles. The molecule has 2 heterocycles. The summed E-state index contributed by atoms with van der Waals surface area (Å²) < 4.78 is 54.7. The Kier molecular flexibility index (Phi) is 6.16. The smallest absolute Gasteiger partial charge is 0.335 e. The number of halogens is 5. The SMILES string of the molecule is CC1CC(CN)CN1C(=O)c1cnn(-c2ccc(F)cc2)c1C(F)(F)F.Cl. The zero-order valence-corrected chi connectivity index (χ0v) is 15.2. The maximum absolute atomic E-state index is 13.7. The van der Waals surface area contributed by atoms with Crippen molar-refractivity contribution in [3.8, 4) is 5.69 Å². The number of likely N-dealkylation sites (tertiary alicyclic amines) is 1. The predicted molar refractivity (Wildman–Crippen MR) is 93.4 cm³/mol. The van der Waals surface area contributed by atoms with E-state index in [1.165, 1.54) is 17.0 Å². The van der Waals surface area contributed by atoms with Crippen molar-refractivity contribution in [3.05, 3.63) is 47.5 Å². The number of hydrogen-bond donors (Lipinski definition) is 1. The van der Waals surface area contributed by atoms with Crippen LogP contribution in [0.15, 0.2) is 30.5 Å². The molecule has 3 rings (SSSR count). The minimum absolute atomic E-state index is 0. The van der Waals surface area contributed by atoms with Gasteiger partial charge in [0.25, 0.3) is 5.91 Å². The van der Waals surface area contributed by atoms with Crippen molar-refractivity contribution in [2.75, 3.05) is 13.1 Å². The first kappa shape index (κ1) is 21.2. The fourth-order valence-corrected chi connectivity index (χ4v) is 3.31. The second kappa shape index (κ2) is 7.85. The van der Waals surface area contributed by atoms with E-state index in [2.05, 4.69) is 5.10 Å². The number of benzene rings is 1. The van der Waals surface area contributed by atoms with Crippen LogP contribution in [0.4, 0.5) is 17.6 Å². The van der Waals surface area contributed by atoms with Crippen LogP contribution in [0.2, 0.25) is 0 Å². The van der Waals surface area contributed by atoms with Crippen LogP contribution in [0.1, 0.15) is 29.4 Å². The second-order valence-corrected chi connectivity index (χ2v) is 6.44. The molecule has 1 aromatic heterocycles. The Morgan fingerprint density at radius 2 is 1.93 bits per heavy atom. The van der Waals surface area contributed by atoms with Crippen LogP contribution >= 0.6 is 12.4 Å². The van der Waals surface area contributed by atoms with Crippen molar-refractivity contribution in [1.29, 1.82) is 0 Å². The van der Waals surface area contributed by atoms with Gasteiger partial charge in [0, 0.05) is 12.6 Å². The standard InChI is InChI=1S/C17H18F4N4O.ClH/c1-10-6-11(7-22)9-24(10)16(26)14-8-23-25(15(14)17(19,20)21)13-4-2-12(18)3-5-13;/h2-5,8,10-11H,6-7,9,22H2,1H3;1H. The Bertz CT molecular complexity index is 806. The molecule has 2 N–H and O–H groups in total. The molecule has 1 amide bonds. The lowest BCUT2D eigenvalue weighted by atomic mass is 10.1. The van der Waals surface area contributed by atoms with E-state index in [-0.39, 0.29) is 30.1 Å². The van der Waals surface area contributed by atoms with E-state index in [0.717, 1.165) is 18.3 Å². The lowest BCUT2D eigenvalue weighted by Gasteiger charge is -2.22. The molecular formula is C17H19ClF4N4O. The number of nitrogens with two attached hydrogens (primary N) is 1. The summed E-state index contributed by atoms with van der Waals surface area (Å²) in [5.41, 5.74) is 3.95. The molecule has 2 aromatic rings. The van der Waals surface area contributed by atoms with Crippen molar-refractivity contribution in [1.82, 2.24) is 14.7 Å². The van der Waals surface area contributed by atoms with Gasteiger partial charge in [0.2, 0.25) is 0 Å². The zero-order valence-electron chi connectivity index (χ0n) is 14.4. The third kappa shape index (κ3) is 4.08. The van der Waals surface area contributed by atoms with Crippen LogP contribution in [-0.2, 0) is 6.18 Å². The maximum Gasteiger partial charge on any atom is 0.434 e. The number of rotatable bonds is 3. The minimum Gasteiger partial charge on any atom is -0.335 e. The fourth-order valence-electron chi connectivity index (χ4n) is 3.31. The normalized spacial score (nSPS) is 19.9. The summed E-state index contributed by atoms with van der Waals surface area (Å²) in [6, 6.07) is 4.22. The highest BCUT2D eigenvalue weighted by atomic mass is 35.5. The summed E-state index contributed by atoms with van der Waals surface area (Å²) in [6.45, 7) is 2.47. The number of nitrogens with zero attached hydrogens (tertiary/aromatic N) is 3. The molecule has 0 aliphatic carbocycles. The van der Waals surface area contributed by atoms with Gasteiger partial charge in [-0.2, -0.15) is 18.3 Å². The fraction of sp³-hybridized carbons (Fsp3) is 0.412. The Labute approximate surface area is 159 Å². The highest BCUT2D eigenvalue weighted by Gasteiger charge is 2.43. The van der Waals surface area contributed by atoms with Crippen LogP contribution in [0, 0.1) is 11.7 Å². The minimum atomic E-state index is -4.80. The lowest BCUT2D eigenvalue weighted by molar-refractivity contribution is -0.143. The van der Waals surface area contributed by atoms with Gasteiger partial charge in [-0.1, -0.05) is 0 Å². The lowest BCUT2D eigenvalue weighted by Crippen LogP contribution is -2.35. The Hall–Kier alpha value is -2.13. The van der Waals surface area contributed by atoms with Crippen LogP contribution in [-0.4, -0.2) is 39.7 Å². The molecule has 5 nitrogen and oxygen atoms in total. The molecule has 1 aliphatic heterocycles. The van der Waals surface area contributed by atoms with Gasteiger partial charge in [0.1, 0.15) is 5.82 Å². The first-order chi connectivity index (χ1) is 12.2. The first-order valence-electron chi connectivity index (χ1n) is 8.14. The number of alkyl halides is 3. The summed E-state index contributed by atoms with van der Waals surface area (Å²) in [7, 11) is 0. The first-order valence-corrected chi connectivity index (χ1v) is 8.14. The third-order valence-corrected chi connectivity index (χ3v) is 4.59. The predicted octanol–water partition coefficient (Wildman–Crippen LogP) is 3.26. The van der Waals surface area contributed by atoms with E-state index in [9.17, 15) is 22.4 Å². The van der Waals surface area contributed by atoms with Crippen LogP contribution in [0.3, 0.4) is 0 Å². The van der Waals surface area contributed by atoms with Crippen molar-refractivity contribution in [3.63, 3.8) is 0 Å². The van der Waals surface area contributed by atoms with Crippen LogP contribution in [0.25, 0.3) is 5.69 Å². The average Bonchev–Trinajstić information content (AvgIpc) is 3.18. The second-order valence-electron chi connectivity index (χ2n) is 6.44.